The van der Waals surface area contributed by atoms with Crippen LogP contribution in [0.15, 0.2) is 47.1 Å². The van der Waals surface area contributed by atoms with Gasteiger partial charge in [-0.3, -0.25) is 14.4 Å². The molecule has 5 atom stereocenters. The van der Waals surface area contributed by atoms with Crippen molar-refractivity contribution in [1.82, 2.24) is 0 Å². The molecule has 0 aliphatic heterocycles. The van der Waals surface area contributed by atoms with Crippen LogP contribution in [0.2, 0.25) is 0 Å². The Labute approximate surface area is 213 Å². The third-order valence-corrected chi connectivity index (χ3v) is 9.56. The zero-order valence-corrected chi connectivity index (χ0v) is 21.8. The number of ether oxygens (including phenoxy) is 1. The summed E-state index contributed by atoms with van der Waals surface area (Å²) in [6.45, 7) is 2.82. The smallest absolute Gasteiger partial charge is 0.303 e. The molecule has 3 saturated carbocycles. The van der Waals surface area contributed by atoms with Gasteiger partial charge in [-0.1, -0.05) is 30.7 Å². The third-order valence-electron chi connectivity index (χ3n) is 9.56. The van der Waals surface area contributed by atoms with Crippen LogP contribution in [0.5, 0.6) is 0 Å². The van der Waals surface area contributed by atoms with Gasteiger partial charge >= 0.3 is 5.97 Å². The number of carbonyl (C=O) groups excluding carboxylic acids is 3. The molecule has 0 spiro atoms. The standard InChI is InChI=1S/C30H37NO5/c1-18(33)36-30(27(35)17-32)14-13-26-24-11-7-20-15-22(34)10-12-23(20)28(24)25(16-29(26,30)2)19-5-8-21(9-6-19)31(3)4/h5-9,24-26,32H,10-17H2,1-4H3/t24?,25?,26?,29-,30-/m0/s1. The maximum atomic E-state index is 13.3. The topological polar surface area (TPSA) is 83.9 Å². The predicted molar refractivity (Wildman–Crippen MR) is 138 cm³/mol. The minimum atomic E-state index is -1.32. The summed E-state index contributed by atoms with van der Waals surface area (Å²) >= 11 is 0. The number of hydrogen-bond donors (Lipinski definition) is 1. The zero-order chi connectivity index (χ0) is 25.8. The highest BCUT2D eigenvalue weighted by atomic mass is 16.6. The van der Waals surface area contributed by atoms with Crippen molar-refractivity contribution in [3.05, 3.63) is 52.6 Å². The van der Waals surface area contributed by atoms with Gasteiger partial charge in [0.2, 0.25) is 5.78 Å². The van der Waals surface area contributed by atoms with Gasteiger partial charge in [0.25, 0.3) is 0 Å². The Morgan fingerprint density at radius 3 is 2.53 bits per heavy atom. The first-order valence-corrected chi connectivity index (χ1v) is 13.2. The lowest BCUT2D eigenvalue weighted by Crippen LogP contribution is -2.58. The summed E-state index contributed by atoms with van der Waals surface area (Å²) in [4.78, 5) is 40.0. The summed E-state index contributed by atoms with van der Waals surface area (Å²) in [5.74, 6) is -0.137. The van der Waals surface area contributed by atoms with Crippen molar-refractivity contribution in [2.24, 2.45) is 17.3 Å². The van der Waals surface area contributed by atoms with Crippen LogP contribution in [-0.2, 0) is 19.1 Å². The Morgan fingerprint density at radius 1 is 1.17 bits per heavy atom. The summed E-state index contributed by atoms with van der Waals surface area (Å²) in [6.07, 6.45) is 6.82. The molecule has 1 aromatic rings. The molecule has 0 bridgehead atoms. The largest absolute Gasteiger partial charge is 0.451 e. The Morgan fingerprint density at radius 2 is 1.89 bits per heavy atom. The van der Waals surface area contributed by atoms with E-state index in [1.165, 1.54) is 29.2 Å². The number of esters is 1. The first kappa shape index (κ1) is 24.9. The lowest BCUT2D eigenvalue weighted by atomic mass is 9.51. The molecule has 3 fully saturated rings. The van der Waals surface area contributed by atoms with Gasteiger partial charge in [0.05, 0.1) is 0 Å². The van der Waals surface area contributed by atoms with E-state index in [1.54, 1.807) is 0 Å². The summed E-state index contributed by atoms with van der Waals surface area (Å²) in [5.41, 5.74) is 4.34. The molecular formula is C30H37NO5. The summed E-state index contributed by atoms with van der Waals surface area (Å²) in [7, 11) is 4.04. The number of aliphatic hydroxyl groups excluding tert-OH is 1. The maximum absolute atomic E-state index is 13.3. The molecule has 6 nitrogen and oxygen atoms in total. The average Bonchev–Trinajstić information content (AvgIpc) is 3.14. The number of benzene rings is 1. The van der Waals surface area contributed by atoms with E-state index in [1.807, 2.05) is 14.1 Å². The van der Waals surface area contributed by atoms with Crippen molar-refractivity contribution < 1.29 is 24.2 Å². The summed E-state index contributed by atoms with van der Waals surface area (Å²) in [6, 6.07) is 8.61. The van der Waals surface area contributed by atoms with Crippen LogP contribution in [0.4, 0.5) is 5.69 Å². The van der Waals surface area contributed by atoms with Crippen LogP contribution in [0.25, 0.3) is 0 Å². The summed E-state index contributed by atoms with van der Waals surface area (Å²) < 4.78 is 5.93. The number of hydrogen-bond acceptors (Lipinski definition) is 6. The molecule has 5 rings (SSSR count). The molecule has 0 aromatic heterocycles. The van der Waals surface area contributed by atoms with Gasteiger partial charge in [0.15, 0.2) is 5.60 Å². The van der Waals surface area contributed by atoms with Crippen molar-refractivity contribution in [2.75, 3.05) is 25.6 Å². The van der Waals surface area contributed by atoms with Gasteiger partial charge in [-0.05, 0) is 72.8 Å². The van der Waals surface area contributed by atoms with E-state index in [0.717, 1.165) is 24.9 Å². The molecule has 192 valence electrons. The number of allylic oxidation sites excluding steroid dienone is 4. The molecule has 4 aliphatic rings. The number of fused-ring (bicyclic) bond motifs is 4. The number of rotatable bonds is 5. The number of aliphatic hydroxyl groups is 1. The van der Waals surface area contributed by atoms with E-state index in [-0.39, 0.29) is 17.8 Å². The molecule has 0 heterocycles. The molecule has 1 aromatic carbocycles. The lowest BCUT2D eigenvalue weighted by molar-refractivity contribution is -0.184. The third kappa shape index (κ3) is 3.68. The fraction of sp³-hybridized carbons (Fsp3) is 0.567. The molecule has 4 aliphatic carbocycles. The SMILES string of the molecule is CC(=O)O[C@]1(C(=O)CO)CCC2C3CC=C4CC(=O)CCC4=C3C(c3ccc(N(C)C)cc3)C[C@@]21C. The summed E-state index contributed by atoms with van der Waals surface area (Å²) in [5, 5.41) is 9.96. The van der Waals surface area contributed by atoms with Gasteiger partial charge in [-0.2, -0.15) is 0 Å². The molecular weight excluding hydrogens is 454 g/mol. The average molecular weight is 492 g/mol. The number of Topliss-reactive ketones (excluding diaryl/α,β-unsaturated/α-hetero) is 2. The van der Waals surface area contributed by atoms with Crippen LogP contribution >= 0.6 is 0 Å². The van der Waals surface area contributed by atoms with Gasteiger partial charge in [-0.15, -0.1) is 0 Å². The van der Waals surface area contributed by atoms with Crippen LogP contribution < -0.4 is 4.90 Å². The van der Waals surface area contributed by atoms with E-state index in [2.05, 4.69) is 42.2 Å². The number of nitrogens with zero attached hydrogens (tertiary/aromatic N) is 1. The molecule has 3 unspecified atom stereocenters. The Hall–Kier alpha value is -2.73. The van der Waals surface area contributed by atoms with Crippen LogP contribution in [0.3, 0.4) is 0 Å². The minimum Gasteiger partial charge on any atom is -0.451 e. The van der Waals surface area contributed by atoms with Crippen LogP contribution in [-0.4, -0.2) is 48.9 Å². The van der Waals surface area contributed by atoms with E-state index in [4.69, 9.17) is 4.74 Å². The van der Waals surface area contributed by atoms with Gasteiger partial charge in [0, 0.05) is 50.9 Å². The fourth-order valence-electron chi connectivity index (χ4n) is 7.94. The second-order valence-corrected chi connectivity index (χ2v) is 11.5. The van der Waals surface area contributed by atoms with Crippen molar-refractivity contribution in [1.29, 1.82) is 0 Å². The quantitative estimate of drug-likeness (QED) is 0.610. The zero-order valence-electron chi connectivity index (χ0n) is 21.8. The Kier molecular flexibility index (Phi) is 6.22. The Balaban J connectivity index is 1.67. The first-order chi connectivity index (χ1) is 17.1. The predicted octanol–water partition coefficient (Wildman–Crippen LogP) is 4.52. The monoisotopic (exact) mass is 491 g/mol. The number of anilines is 1. The van der Waals surface area contributed by atoms with Gasteiger partial charge < -0.3 is 14.7 Å². The Bertz CT molecular complexity index is 1160. The van der Waals surface area contributed by atoms with E-state index < -0.39 is 29.4 Å². The molecule has 36 heavy (non-hydrogen) atoms. The van der Waals surface area contributed by atoms with Crippen molar-refractivity contribution in [3.8, 4) is 0 Å². The van der Waals surface area contributed by atoms with Crippen LogP contribution in [0.1, 0.15) is 70.3 Å². The molecule has 1 N–H and O–H groups in total. The second-order valence-electron chi connectivity index (χ2n) is 11.5. The molecule has 6 heteroatoms. The van der Waals surface area contributed by atoms with Gasteiger partial charge in [-0.25, -0.2) is 0 Å². The van der Waals surface area contributed by atoms with E-state index in [9.17, 15) is 19.5 Å². The highest BCUT2D eigenvalue weighted by Crippen LogP contribution is 2.67. The van der Waals surface area contributed by atoms with Crippen molar-refractivity contribution in [3.63, 3.8) is 0 Å². The highest BCUT2D eigenvalue weighted by molar-refractivity contribution is 5.92. The first-order valence-electron chi connectivity index (χ1n) is 13.2. The number of carbonyl (C=O) groups is 3. The second kappa shape index (κ2) is 8.98. The lowest BCUT2D eigenvalue weighted by Gasteiger charge is -2.54. The fourth-order valence-corrected chi connectivity index (χ4v) is 7.94. The van der Waals surface area contributed by atoms with Crippen molar-refractivity contribution >= 4 is 23.2 Å². The van der Waals surface area contributed by atoms with Crippen LogP contribution in [0, 0.1) is 17.3 Å². The highest BCUT2D eigenvalue weighted by Gasteiger charge is 2.67. The van der Waals surface area contributed by atoms with Crippen molar-refractivity contribution in [2.45, 2.75) is 70.3 Å². The normalized spacial score (nSPS) is 33.3. The molecule has 0 saturated heterocycles. The van der Waals surface area contributed by atoms with E-state index in [0.29, 0.717) is 31.5 Å². The molecule has 0 radical (unpaired) electrons. The minimum absolute atomic E-state index is 0.0545. The van der Waals surface area contributed by atoms with Gasteiger partial charge in [0.1, 0.15) is 12.4 Å². The van der Waals surface area contributed by atoms with E-state index >= 15 is 0 Å². The molecule has 0 amide bonds. The number of ketones is 2. The maximum Gasteiger partial charge on any atom is 0.303 e.